The van der Waals surface area contributed by atoms with Crippen LogP contribution in [0.4, 0.5) is 15.8 Å². The fraction of sp³-hybridized carbons (Fsp3) is 0.0370. The zero-order valence-corrected chi connectivity index (χ0v) is 21.7. The molecule has 0 saturated carbocycles. The molecule has 36 heavy (non-hydrogen) atoms. The van der Waals surface area contributed by atoms with Crippen molar-refractivity contribution in [2.45, 2.75) is 16.3 Å². The zero-order valence-electron chi connectivity index (χ0n) is 18.5. The van der Waals surface area contributed by atoms with Crippen molar-refractivity contribution in [3.8, 4) is 0 Å². The molecule has 1 aliphatic heterocycles. The Morgan fingerprint density at radius 3 is 2.56 bits per heavy atom. The second kappa shape index (κ2) is 9.97. The molecule has 9 heteroatoms. The number of nitrogens with one attached hydrogen (secondary N) is 1. The Balaban J connectivity index is 1.59. The third-order valence-electron chi connectivity index (χ3n) is 5.68. The van der Waals surface area contributed by atoms with Gasteiger partial charge in [0.2, 0.25) is 0 Å². The summed E-state index contributed by atoms with van der Waals surface area (Å²) in [5.41, 5.74) is 1.61. The number of rotatable bonds is 4. The summed E-state index contributed by atoms with van der Waals surface area (Å²) in [5.74, 6) is -1.52. The molecular formula is C27H17BrClFN2O3S. The lowest BCUT2D eigenvalue weighted by atomic mass is 10.1. The van der Waals surface area contributed by atoms with Crippen LogP contribution < -0.4 is 10.2 Å². The van der Waals surface area contributed by atoms with Crippen molar-refractivity contribution in [3.05, 3.63) is 117 Å². The quantitative estimate of drug-likeness (QED) is 0.287. The van der Waals surface area contributed by atoms with Crippen LogP contribution in [0, 0.1) is 5.82 Å². The second-order valence-corrected chi connectivity index (χ2v) is 10.8. The molecule has 180 valence electrons. The van der Waals surface area contributed by atoms with Gasteiger partial charge < -0.3 is 10.2 Å². The van der Waals surface area contributed by atoms with Gasteiger partial charge in [-0.25, -0.2) is 8.60 Å². The summed E-state index contributed by atoms with van der Waals surface area (Å²) in [4.78, 5) is 29.0. The van der Waals surface area contributed by atoms with Crippen molar-refractivity contribution < 1.29 is 18.2 Å². The fourth-order valence-corrected chi connectivity index (χ4v) is 5.86. The molecule has 5 rings (SSSR count). The van der Waals surface area contributed by atoms with E-state index in [1.165, 1.54) is 29.2 Å². The lowest BCUT2D eigenvalue weighted by Crippen LogP contribution is -2.30. The average molecular weight is 584 g/mol. The van der Waals surface area contributed by atoms with E-state index in [9.17, 15) is 18.2 Å². The van der Waals surface area contributed by atoms with E-state index in [-0.39, 0.29) is 23.7 Å². The van der Waals surface area contributed by atoms with Gasteiger partial charge in [-0.3, -0.25) is 9.59 Å². The van der Waals surface area contributed by atoms with E-state index >= 15 is 0 Å². The van der Waals surface area contributed by atoms with Crippen molar-refractivity contribution in [3.63, 3.8) is 0 Å². The normalized spacial score (nSPS) is 14.6. The number of nitrogens with zero attached hydrogens (tertiary/aromatic N) is 1. The van der Waals surface area contributed by atoms with E-state index in [0.717, 1.165) is 5.56 Å². The second-order valence-electron chi connectivity index (χ2n) is 8.05. The number of anilines is 2. The molecule has 0 aliphatic carbocycles. The van der Waals surface area contributed by atoms with Gasteiger partial charge in [-0.1, -0.05) is 51.8 Å². The number of carbonyl (C=O) groups is 2. The fourth-order valence-electron chi connectivity index (χ4n) is 3.96. The van der Waals surface area contributed by atoms with Gasteiger partial charge in [-0.2, -0.15) is 0 Å². The van der Waals surface area contributed by atoms with Crippen LogP contribution in [0.15, 0.2) is 99.2 Å². The molecule has 1 aliphatic rings. The largest absolute Gasteiger partial charge is 0.319 e. The van der Waals surface area contributed by atoms with Crippen molar-refractivity contribution in [1.82, 2.24) is 0 Å². The van der Waals surface area contributed by atoms with Gasteiger partial charge in [0.1, 0.15) is 5.82 Å². The van der Waals surface area contributed by atoms with Crippen molar-refractivity contribution in [1.29, 1.82) is 0 Å². The highest BCUT2D eigenvalue weighted by Gasteiger charge is 2.31. The average Bonchev–Trinajstić information content (AvgIpc) is 2.95. The Bertz CT molecular complexity index is 1560. The highest BCUT2D eigenvalue weighted by Crippen LogP contribution is 2.36. The van der Waals surface area contributed by atoms with Gasteiger partial charge in [0, 0.05) is 15.1 Å². The molecular weight excluding hydrogens is 567 g/mol. The molecule has 1 atom stereocenters. The lowest BCUT2D eigenvalue weighted by molar-refractivity contribution is 0.0979. The summed E-state index contributed by atoms with van der Waals surface area (Å²) >= 11 is 9.35. The third kappa shape index (κ3) is 4.72. The summed E-state index contributed by atoms with van der Waals surface area (Å²) in [6, 6.07) is 22.7. The molecule has 0 bridgehead atoms. The number of benzene rings is 4. The van der Waals surface area contributed by atoms with Crippen LogP contribution in [0.2, 0.25) is 5.02 Å². The summed E-state index contributed by atoms with van der Waals surface area (Å²) < 4.78 is 28.4. The third-order valence-corrected chi connectivity index (χ3v) is 7.91. The van der Waals surface area contributed by atoms with Gasteiger partial charge in [0.15, 0.2) is 0 Å². The maximum atomic E-state index is 14.3. The molecule has 4 aromatic carbocycles. The molecule has 0 saturated heterocycles. The van der Waals surface area contributed by atoms with Gasteiger partial charge in [-0.15, -0.1) is 0 Å². The van der Waals surface area contributed by atoms with Crippen LogP contribution in [0.25, 0.3) is 0 Å². The summed E-state index contributed by atoms with van der Waals surface area (Å²) in [6.45, 7) is 0.143. The summed E-state index contributed by atoms with van der Waals surface area (Å²) in [7, 11) is -1.66. The predicted molar refractivity (Wildman–Crippen MR) is 142 cm³/mol. The first kappa shape index (κ1) is 24.4. The van der Waals surface area contributed by atoms with Crippen molar-refractivity contribution >= 4 is 61.5 Å². The van der Waals surface area contributed by atoms with Gasteiger partial charge >= 0.3 is 0 Å². The molecule has 0 fully saturated rings. The Hall–Kier alpha value is -3.33. The molecule has 5 nitrogen and oxygen atoms in total. The molecule has 1 heterocycles. The van der Waals surface area contributed by atoms with E-state index in [2.05, 4.69) is 21.2 Å². The smallest absolute Gasteiger partial charge is 0.259 e. The highest BCUT2D eigenvalue weighted by atomic mass is 79.9. The van der Waals surface area contributed by atoms with Crippen LogP contribution in [-0.4, -0.2) is 16.0 Å². The maximum Gasteiger partial charge on any atom is 0.259 e. The van der Waals surface area contributed by atoms with Crippen LogP contribution in [0.1, 0.15) is 26.3 Å². The predicted octanol–water partition coefficient (Wildman–Crippen LogP) is 6.82. The summed E-state index contributed by atoms with van der Waals surface area (Å²) in [5, 5.41) is 3.07. The minimum absolute atomic E-state index is 0.0148. The SMILES string of the molecule is O=C(Nc1ccc(Br)cc1F)c1ccc2c(c1)N(Cc1cccc(Cl)c1)C(=O)c1ccccc1S2=O. The van der Waals surface area contributed by atoms with Crippen molar-refractivity contribution in [2.24, 2.45) is 0 Å². The van der Waals surface area contributed by atoms with Crippen molar-refractivity contribution in [2.75, 3.05) is 10.2 Å². The monoisotopic (exact) mass is 582 g/mol. The first-order valence-electron chi connectivity index (χ1n) is 10.8. The minimum atomic E-state index is -1.66. The molecule has 1 N–H and O–H groups in total. The van der Waals surface area contributed by atoms with Gasteiger partial charge in [-0.05, 0) is 66.2 Å². The number of hydrogen-bond acceptors (Lipinski definition) is 3. The van der Waals surface area contributed by atoms with Crippen LogP contribution in [0.5, 0.6) is 0 Å². The van der Waals surface area contributed by atoms with E-state index in [4.69, 9.17) is 11.6 Å². The van der Waals surface area contributed by atoms with Crippen LogP contribution >= 0.6 is 27.5 Å². The number of fused-ring (bicyclic) bond motifs is 2. The van der Waals surface area contributed by atoms with E-state index in [0.29, 0.717) is 30.5 Å². The Morgan fingerprint density at radius 2 is 1.78 bits per heavy atom. The van der Waals surface area contributed by atoms with E-state index < -0.39 is 22.5 Å². The molecule has 0 spiro atoms. The topological polar surface area (TPSA) is 66.5 Å². The Labute approximate surface area is 222 Å². The number of halogens is 3. The van der Waals surface area contributed by atoms with Crippen LogP contribution in [-0.2, 0) is 17.3 Å². The number of amides is 2. The minimum Gasteiger partial charge on any atom is -0.319 e. The first-order chi connectivity index (χ1) is 17.3. The standard InChI is InChI=1S/C27H17BrClFN2O3S/c28-18-9-10-22(21(30)14-18)31-26(33)17-8-11-25-23(13-17)32(15-16-4-3-5-19(29)12-16)27(34)20-6-1-2-7-24(20)36(25)35/h1-14H,15H2,(H,31,33). The Kier molecular flexibility index (Phi) is 6.75. The number of carbonyl (C=O) groups excluding carboxylic acids is 2. The van der Waals surface area contributed by atoms with Gasteiger partial charge in [0.05, 0.1) is 44.1 Å². The van der Waals surface area contributed by atoms with E-state index in [1.807, 2.05) is 6.07 Å². The Morgan fingerprint density at radius 1 is 0.972 bits per heavy atom. The van der Waals surface area contributed by atoms with Crippen LogP contribution in [0.3, 0.4) is 0 Å². The molecule has 1 unspecified atom stereocenters. The highest BCUT2D eigenvalue weighted by molar-refractivity contribution is 9.10. The molecule has 0 radical (unpaired) electrons. The van der Waals surface area contributed by atoms with E-state index in [1.54, 1.807) is 54.6 Å². The lowest BCUT2D eigenvalue weighted by Gasteiger charge is -2.24. The zero-order chi connectivity index (χ0) is 25.4. The first-order valence-corrected chi connectivity index (χ1v) is 13.1. The molecule has 0 aromatic heterocycles. The number of hydrogen-bond donors (Lipinski definition) is 1. The molecule has 4 aromatic rings. The maximum absolute atomic E-state index is 14.3. The van der Waals surface area contributed by atoms with Gasteiger partial charge in [0.25, 0.3) is 11.8 Å². The summed E-state index contributed by atoms with van der Waals surface area (Å²) in [6.07, 6.45) is 0. The molecule has 2 amide bonds.